The summed E-state index contributed by atoms with van der Waals surface area (Å²) >= 11 is 0. The summed E-state index contributed by atoms with van der Waals surface area (Å²) in [4.78, 5) is 12.5. The number of esters is 1. The number of hydrogen-bond acceptors (Lipinski definition) is 4. The molecule has 9 unspecified atom stereocenters. The van der Waals surface area contributed by atoms with E-state index in [9.17, 15) is 15.0 Å². The predicted molar refractivity (Wildman–Crippen MR) is 152 cm³/mol. The largest absolute Gasteiger partial charge is 0.462 e. The second kappa shape index (κ2) is 12.1. The summed E-state index contributed by atoms with van der Waals surface area (Å²) < 4.78 is 5.94. The molecular weight excluding hydrogens is 460 g/mol. The number of carbonyl (C=O) groups excluding carboxylic acids is 1. The highest BCUT2D eigenvalue weighted by Crippen LogP contribution is 2.66. The molecule has 0 bridgehead atoms. The van der Waals surface area contributed by atoms with E-state index in [2.05, 4.69) is 26.8 Å². The first kappa shape index (κ1) is 30.7. The molecule has 37 heavy (non-hydrogen) atoms. The Balaban J connectivity index is 0.00000186. The van der Waals surface area contributed by atoms with Crippen LogP contribution in [0.4, 0.5) is 0 Å². The molecule has 0 aromatic heterocycles. The molecule has 0 amide bonds. The maximum absolute atomic E-state index is 12.5. The van der Waals surface area contributed by atoms with Crippen LogP contribution in [0.2, 0.25) is 0 Å². The molecule has 4 rings (SSSR count). The maximum Gasteiger partial charge on any atom is 0.311 e. The third-order valence-electron chi connectivity index (χ3n) is 11.0. The van der Waals surface area contributed by atoms with Gasteiger partial charge in [0.05, 0.1) is 11.5 Å². The van der Waals surface area contributed by atoms with Gasteiger partial charge in [-0.2, -0.15) is 0 Å². The predicted octanol–water partition coefficient (Wildman–Crippen LogP) is 7.71. The number of allylic oxidation sites excluding steroid dienone is 1. The Kier molecular flexibility index (Phi) is 10.0. The highest BCUT2D eigenvalue weighted by molar-refractivity contribution is 5.75. The van der Waals surface area contributed by atoms with Crippen LogP contribution < -0.4 is 0 Å². The van der Waals surface area contributed by atoms with Gasteiger partial charge in [0.1, 0.15) is 6.10 Å². The SMILES string of the molecule is CC.CC(CO)CCCCC1C(O)CC2C3CC=C4CC(OC(=O)C(C)(C)C)CCC4(C)C3CCC12C. The Morgan fingerprint density at radius 2 is 1.84 bits per heavy atom. The standard InChI is InChI=1S/C31H52O4.C2H6/c1-20(19-32)9-7-8-10-25-27(33)18-26-23-12-11-21-17-22(35-28(34)29(2,3)4)13-15-30(21,5)24(23)14-16-31(25,26)6;1-2/h11,20,22-27,32-33H,7-10,12-19H2,1-6H3;1-2H3. The van der Waals surface area contributed by atoms with Gasteiger partial charge in [-0.3, -0.25) is 4.79 Å². The fourth-order valence-corrected chi connectivity index (χ4v) is 8.64. The summed E-state index contributed by atoms with van der Waals surface area (Å²) in [5, 5.41) is 20.5. The lowest BCUT2D eigenvalue weighted by Crippen LogP contribution is -2.50. The number of carbonyl (C=O) groups is 1. The van der Waals surface area contributed by atoms with E-state index >= 15 is 0 Å². The van der Waals surface area contributed by atoms with Crippen LogP contribution >= 0.6 is 0 Å². The average Bonchev–Trinajstić information content (AvgIpc) is 3.12. The minimum atomic E-state index is -0.447. The fourth-order valence-electron chi connectivity index (χ4n) is 8.64. The molecule has 4 aliphatic rings. The van der Waals surface area contributed by atoms with Crippen molar-refractivity contribution in [3.8, 4) is 0 Å². The molecule has 0 aromatic rings. The summed E-state index contributed by atoms with van der Waals surface area (Å²) in [6, 6.07) is 0. The third kappa shape index (κ3) is 6.16. The van der Waals surface area contributed by atoms with Crippen LogP contribution in [0.3, 0.4) is 0 Å². The molecule has 4 heteroatoms. The lowest BCUT2D eigenvalue weighted by molar-refractivity contribution is -0.161. The first-order chi connectivity index (χ1) is 17.4. The number of aliphatic hydroxyl groups excluding tert-OH is 2. The van der Waals surface area contributed by atoms with Crippen molar-refractivity contribution in [3.05, 3.63) is 11.6 Å². The van der Waals surface area contributed by atoms with E-state index in [0.29, 0.717) is 29.6 Å². The second-order valence-corrected chi connectivity index (χ2v) is 14.3. The minimum Gasteiger partial charge on any atom is -0.462 e. The number of aliphatic hydroxyl groups is 2. The van der Waals surface area contributed by atoms with Crippen molar-refractivity contribution < 1.29 is 19.7 Å². The summed E-state index contributed by atoms with van der Waals surface area (Å²) in [6.45, 7) is 17.2. The van der Waals surface area contributed by atoms with Crippen molar-refractivity contribution >= 4 is 5.97 Å². The molecule has 0 aliphatic heterocycles. The van der Waals surface area contributed by atoms with Gasteiger partial charge in [-0.05, 0) is 113 Å². The fraction of sp³-hybridized carbons (Fsp3) is 0.909. The van der Waals surface area contributed by atoms with Crippen LogP contribution in [0.1, 0.15) is 126 Å². The van der Waals surface area contributed by atoms with Gasteiger partial charge in [-0.25, -0.2) is 0 Å². The number of ether oxygens (including phenoxy) is 1. The lowest BCUT2D eigenvalue weighted by Gasteiger charge is -2.58. The first-order valence-electron chi connectivity index (χ1n) is 15.6. The second-order valence-electron chi connectivity index (χ2n) is 14.3. The zero-order chi connectivity index (χ0) is 27.6. The molecule has 3 fully saturated rings. The smallest absolute Gasteiger partial charge is 0.311 e. The highest BCUT2D eigenvalue weighted by atomic mass is 16.5. The normalized spacial score (nSPS) is 39.8. The van der Waals surface area contributed by atoms with Gasteiger partial charge in [0.25, 0.3) is 0 Å². The third-order valence-corrected chi connectivity index (χ3v) is 11.0. The molecule has 2 N–H and O–H groups in total. The minimum absolute atomic E-state index is 0.0256. The van der Waals surface area contributed by atoms with Crippen LogP contribution in [-0.4, -0.2) is 35.0 Å². The van der Waals surface area contributed by atoms with Gasteiger partial charge in [-0.15, -0.1) is 0 Å². The van der Waals surface area contributed by atoms with Crippen molar-refractivity contribution in [3.63, 3.8) is 0 Å². The summed E-state index contributed by atoms with van der Waals surface area (Å²) in [7, 11) is 0. The quantitative estimate of drug-likeness (QED) is 0.206. The van der Waals surface area contributed by atoms with Crippen LogP contribution in [0.5, 0.6) is 0 Å². The Morgan fingerprint density at radius 3 is 2.49 bits per heavy atom. The number of hydrogen-bond donors (Lipinski definition) is 2. The van der Waals surface area contributed by atoms with Gasteiger partial charge in [-0.1, -0.05) is 59.1 Å². The van der Waals surface area contributed by atoms with E-state index < -0.39 is 5.41 Å². The number of fused-ring (bicyclic) bond motifs is 5. The van der Waals surface area contributed by atoms with E-state index in [1.54, 1.807) is 0 Å². The molecule has 0 aromatic carbocycles. The highest BCUT2D eigenvalue weighted by Gasteiger charge is 2.60. The summed E-state index contributed by atoms with van der Waals surface area (Å²) in [6.07, 6.45) is 14.5. The van der Waals surface area contributed by atoms with Crippen molar-refractivity contribution in [1.82, 2.24) is 0 Å². The van der Waals surface area contributed by atoms with Crippen molar-refractivity contribution in [1.29, 1.82) is 0 Å². The lowest BCUT2D eigenvalue weighted by atomic mass is 9.47. The molecule has 3 saturated carbocycles. The average molecular weight is 519 g/mol. The van der Waals surface area contributed by atoms with Crippen molar-refractivity contribution in [2.24, 2.45) is 45.8 Å². The number of rotatable bonds is 7. The number of unbranched alkanes of at least 4 members (excludes halogenated alkanes) is 1. The van der Waals surface area contributed by atoms with Crippen LogP contribution in [-0.2, 0) is 9.53 Å². The molecule has 0 saturated heterocycles. The molecule has 214 valence electrons. The van der Waals surface area contributed by atoms with Crippen molar-refractivity contribution in [2.45, 2.75) is 138 Å². The topological polar surface area (TPSA) is 66.8 Å². The van der Waals surface area contributed by atoms with E-state index in [1.165, 1.54) is 24.8 Å². The molecule has 0 spiro atoms. The first-order valence-corrected chi connectivity index (χ1v) is 15.6. The molecule has 9 atom stereocenters. The molecule has 4 aliphatic carbocycles. The van der Waals surface area contributed by atoms with Gasteiger partial charge < -0.3 is 14.9 Å². The zero-order valence-electron chi connectivity index (χ0n) is 25.3. The summed E-state index contributed by atoms with van der Waals surface area (Å²) in [5.74, 6) is 2.71. The van der Waals surface area contributed by atoms with E-state index in [0.717, 1.165) is 51.4 Å². The molecular formula is C33H58O4. The Bertz CT molecular complexity index is 797. The van der Waals surface area contributed by atoms with E-state index in [1.807, 2.05) is 34.6 Å². The Hall–Kier alpha value is -0.870. The van der Waals surface area contributed by atoms with Crippen LogP contribution in [0.25, 0.3) is 0 Å². The van der Waals surface area contributed by atoms with Gasteiger partial charge >= 0.3 is 5.97 Å². The van der Waals surface area contributed by atoms with Gasteiger partial charge in [0, 0.05) is 13.0 Å². The monoisotopic (exact) mass is 518 g/mol. The molecule has 0 heterocycles. The Labute approximate surface area is 228 Å². The van der Waals surface area contributed by atoms with Crippen molar-refractivity contribution in [2.75, 3.05) is 6.61 Å². The maximum atomic E-state index is 12.5. The Morgan fingerprint density at radius 1 is 1.14 bits per heavy atom. The zero-order valence-corrected chi connectivity index (χ0v) is 25.3. The van der Waals surface area contributed by atoms with Crippen LogP contribution in [0.15, 0.2) is 11.6 Å². The van der Waals surface area contributed by atoms with Gasteiger partial charge in [0.15, 0.2) is 0 Å². The summed E-state index contributed by atoms with van der Waals surface area (Å²) in [5.41, 5.74) is 1.56. The van der Waals surface area contributed by atoms with E-state index in [4.69, 9.17) is 4.74 Å². The van der Waals surface area contributed by atoms with Gasteiger partial charge in [0.2, 0.25) is 0 Å². The van der Waals surface area contributed by atoms with Crippen LogP contribution in [0, 0.1) is 45.8 Å². The van der Waals surface area contributed by atoms with E-state index in [-0.39, 0.29) is 35.6 Å². The molecule has 0 radical (unpaired) electrons. The molecule has 4 nitrogen and oxygen atoms in total.